The van der Waals surface area contributed by atoms with Crippen LogP contribution in [0.5, 0.6) is 0 Å². The fraction of sp³-hybridized carbons (Fsp3) is 0.0769. The van der Waals surface area contributed by atoms with Gasteiger partial charge in [-0.15, -0.1) is 0 Å². The Labute approximate surface area is 98.7 Å². The Bertz CT molecular complexity index is 520. The molecule has 3 heteroatoms. The molecule has 0 spiro atoms. The first-order chi connectivity index (χ1) is 7.58. The largest absolute Gasteiger partial charge is 0.398 e. The van der Waals surface area contributed by atoms with E-state index in [1.165, 1.54) is 6.07 Å². The Hall–Kier alpha value is -1.54. The highest BCUT2D eigenvalue weighted by Crippen LogP contribution is 2.28. The van der Waals surface area contributed by atoms with Gasteiger partial charge in [0.15, 0.2) is 0 Å². The van der Waals surface area contributed by atoms with Gasteiger partial charge in [0.25, 0.3) is 0 Å². The summed E-state index contributed by atoms with van der Waals surface area (Å²) in [5.41, 5.74) is 8.37. The lowest BCUT2D eigenvalue weighted by atomic mass is 10.0. The summed E-state index contributed by atoms with van der Waals surface area (Å²) < 4.78 is 13.7. The maximum atomic E-state index is 13.7. The molecule has 0 aromatic heterocycles. The summed E-state index contributed by atoms with van der Waals surface area (Å²) in [5.74, 6) is -0.269. The molecule has 2 rings (SSSR count). The molecular formula is C13H11ClFN. The van der Waals surface area contributed by atoms with Gasteiger partial charge in [0.2, 0.25) is 0 Å². The third kappa shape index (κ3) is 2.02. The summed E-state index contributed by atoms with van der Waals surface area (Å²) in [6.07, 6.45) is 0. The molecule has 82 valence electrons. The van der Waals surface area contributed by atoms with E-state index < -0.39 is 0 Å². The van der Waals surface area contributed by atoms with E-state index in [-0.39, 0.29) is 5.82 Å². The van der Waals surface area contributed by atoms with E-state index in [9.17, 15) is 4.39 Å². The summed E-state index contributed by atoms with van der Waals surface area (Å²) in [5, 5.41) is 0.629. The highest BCUT2D eigenvalue weighted by Gasteiger charge is 2.07. The van der Waals surface area contributed by atoms with Crippen LogP contribution < -0.4 is 5.73 Å². The molecule has 0 saturated carbocycles. The van der Waals surface area contributed by atoms with E-state index in [1.807, 2.05) is 0 Å². The minimum atomic E-state index is -0.269. The van der Waals surface area contributed by atoms with Crippen molar-refractivity contribution in [3.05, 3.63) is 52.8 Å². The minimum Gasteiger partial charge on any atom is -0.398 e. The predicted octanol–water partition coefficient (Wildman–Crippen LogP) is 4.04. The Morgan fingerprint density at radius 2 is 1.75 bits per heavy atom. The van der Waals surface area contributed by atoms with Gasteiger partial charge in [-0.25, -0.2) is 4.39 Å². The van der Waals surface area contributed by atoms with Gasteiger partial charge < -0.3 is 5.73 Å². The molecular weight excluding hydrogens is 225 g/mol. The van der Waals surface area contributed by atoms with Crippen LogP contribution >= 0.6 is 11.6 Å². The van der Waals surface area contributed by atoms with Gasteiger partial charge in [0.1, 0.15) is 5.82 Å². The molecule has 2 N–H and O–H groups in total. The minimum absolute atomic E-state index is 0.269. The number of nitrogens with two attached hydrogens (primary N) is 1. The predicted molar refractivity (Wildman–Crippen MR) is 66.0 cm³/mol. The van der Waals surface area contributed by atoms with Crippen molar-refractivity contribution in [1.29, 1.82) is 0 Å². The third-order valence-corrected chi connectivity index (χ3v) is 2.76. The number of benzene rings is 2. The fourth-order valence-corrected chi connectivity index (χ4v) is 1.67. The Balaban J connectivity index is 2.56. The molecule has 0 amide bonds. The van der Waals surface area contributed by atoms with Gasteiger partial charge in [-0.05, 0) is 42.3 Å². The maximum absolute atomic E-state index is 13.7. The quantitative estimate of drug-likeness (QED) is 0.742. The topological polar surface area (TPSA) is 26.0 Å². The number of hydrogen-bond acceptors (Lipinski definition) is 1. The Morgan fingerprint density at radius 3 is 2.38 bits per heavy atom. The van der Waals surface area contributed by atoms with Crippen molar-refractivity contribution < 1.29 is 4.39 Å². The molecule has 0 aliphatic heterocycles. The molecule has 0 heterocycles. The first-order valence-corrected chi connectivity index (χ1v) is 5.27. The van der Waals surface area contributed by atoms with Crippen LogP contribution in [0.15, 0.2) is 36.4 Å². The molecule has 2 aromatic carbocycles. The SMILES string of the molecule is Cc1cc(F)c(-c2ccc(Cl)cc2)cc1N. The van der Waals surface area contributed by atoms with E-state index >= 15 is 0 Å². The molecule has 16 heavy (non-hydrogen) atoms. The van der Waals surface area contributed by atoms with Crippen LogP contribution in [0.2, 0.25) is 5.02 Å². The number of aryl methyl sites for hydroxylation is 1. The summed E-state index contributed by atoms with van der Waals surface area (Å²) in [6, 6.07) is 10.1. The normalized spacial score (nSPS) is 10.4. The lowest BCUT2D eigenvalue weighted by Crippen LogP contribution is -1.93. The zero-order valence-corrected chi connectivity index (χ0v) is 9.55. The number of hydrogen-bond donors (Lipinski definition) is 1. The monoisotopic (exact) mass is 235 g/mol. The molecule has 0 unspecified atom stereocenters. The number of rotatable bonds is 1. The second-order valence-corrected chi connectivity index (χ2v) is 4.13. The fourth-order valence-electron chi connectivity index (χ4n) is 1.54. The average molecular weight is 236 g/mol. The van der Waals surface area contributed by atoms with Gasteiger partial charge in [-0.3, -0.25) is 0 Å². The summed E-state index contributed by atoms with van der Waals surface area (Å²) in [7, 11) is 0. The van der Waals surface area contributed by atoms with Crippen LogP contribution in [-0.4, -0.2) is 0 Å². The van der Waals surface area contributed by atoms with E-state index in [4.69, 9.17) is 17.3 Å². The second kappa shape index (κ2) is 4.14. The van der Waals surface area contributed by atoms with Crippen LogP contribution in [0.3, 0.4) is 0 Å². The molecule has 0 atom stereocenters. The van der Waals surface area contributed by atoms with Gasteiger partial charge in [0, 0.05) is 16.3 Å². The van der Waals surface area contributed by atoms with Gasteiger partial charge in [0.05, 0.1) is 0 Å². The lowest BCUT2D eigenvalue weighted by molar-refractivity contribution is 0.630. The van der Waals surface area contributed by atoms with Crippen molar-refractivity contribution in [2.75, 3.05) is 5.73 Å². The highest BCUT2D eigenvalue weighted by atomic mass is 35.5. The first kappa shape index (κ1) is 11.0. The summed E-state index contributed by atoms with van der Waals surface area (Å²) in [6.45, 7) is 1.78. The van der Waals surface area contributed by atoms with Crippen LogP contribution in [0, 0.1) is 12.7 Å². The van der Waals surface area contributed by atoms with Gasteiger partial charge in [-0.1, -0.05) is 23.7 Å². The Kier molecular flexibility index (Phi) is 2.84. The van der Waals surface area contributed by atoms with E-state index in [2.05, 4.69) is 0 Å². The molecule has 0 aliphatic rings. The standard InChI is InChI=1S/C13H11ClFN/c1-8-6-12(15)11(7-13(8)16)9-2-4-10(14)5-3-9/h2-7H,16H2,1H3. The van der Waals surface area contributed by atoms with Crippen LogP contribution in [0.1, 0.15) is 5.56 Å². The first-order valence-electron chi connectivity index (χ1n) is 4.89. The zero-order chi connectivity index (χ0) is 11.7. The smallest absolute Gasteiger partial charge is 0.131 e. The summed E-state index contributed by atoms with van der Waals surface area (Å²) >= 11 is 5.78. The summed E-state index contributed by atoms with van der Waals surface area (Å²) in [4.78, 5) is 0. The van der Waals surface area contributed by atoms with Crippen LogP contribution in [-0.2, 0) is 0 Å². The second-order valence-electron chi connectivity index (χ2n) is 3.70. The van der Waals surface area contributed by atoms with E-state index in [1.54, 1.807) is 37.3 Å². The third-order valence-electron chi connectivity index (χ3n) is 2.51. The van der Waals surface area contributed by atoms with E-state index in [0.29, 0.717) is 16.3 Å². The molecule has 0 fully saturated rings. The van der Waals surface area contributed by atoms with Crippen molar-refractivity contribution >= 4 is 17.3 Å². The number of halogens is 2. The highest BCUT2D eigenvalue weighted by molar-refractivity contribution is 6.30. The van der Waals surface area contributed by atoms with Crippen LogP contribution in [0.25, 0.3) is 11.1 Å². The molecule has 0 radical (unpaired) electrons. The lowest BCUT2D eigenvalue weighted by Gasteiger charge is -2.07. The molecule has 0 bridgehead atoms. The number of nitrogen functional groups attached to an aromatic ring is 1. The van der Waals surface area contributed by atoms with Crippen molar-refractivity contribution in [1.82, 2.24) is 0 Å². The van der Waals surface area contributed by atoms with Gasteiger partial charge >= 0.3 is 0 Å². The molecule has 2 aromatic rings. The molecule has 0 saturated heterocycles. The van der Waals surface area contributed by atoms with Crippen molar-refractivity contribution in [3.63, 3.8) is 0 Å². The number of anilines is 1. The van der Waals surface area contributed by atoms with E-state index in [0.717, 1.165) is 11.1 Å². The van der Waals surface area contributed by atoms with Crippen molar-refractivity contribution in [2.24, 2.45) is 0 Å². The van der Waals surface area contributed by atoms with Crippen LogP contribution in [0.4, 0.5) is 10.1 Å². The molecule has 1 nitrogen and oxygen atoms in total. The van der Waals surface area contributed by atoms with Crippen molar-refractivity contribution in [3.8, 4) is 11.1 Å². The van der Waals surface area contributed by atoms with Crippen molar-refractivity contribution in [2.45, 2.75) is 6.92 Å². The Morgan fingerprint density at radius 1 is 1.12 bits per heavy atom. The molecule has 0 aliphatic carbocycles. The van der Waals surface area contributed by atoms with Gasteiger partial charge in [-0.2, -0.15) is 0 Å². The average Bonchev–Trinajstić information content (AvgIpc) is 2.25. The maximum Gasteiger partial charge on any atom is 0.131 e. The zero-order valence-electron chi connectivity index (χ0n) is 8.80.